The zero-order chi connectivity index (χ0) is 22.8. The Bertz CT molecular complexity index is 1210. The van der Waals surface area contributed by atoms with Crippen LogP contribution in [0.2, 0.25) is 0 Å². The Morgan fingerprint density at radius 1 is 1.06 bits per heavy atom. The average molecular weight is 434 g/mol. The van der Waals surface area contributed by atoms with E-state index in [4.69, 9.17) is 9.47 Å². The van der Waals surface area contributed by atoms with Gasteiger partial charge in [0.05, 0.1) is 31.4 Å². The molecule has 4 rings (SSSR count). The number of hydrogen-bond acceptors (Lipinski definition) is 6. The zero-order valence-electron chi connectivity index (χ0n) is 17.3. The summed E-state index contributed by atoms with van der Waals surface area (Å²) in [4.78, 5) is 31.6. The van der Waals surface area contributed by atoms with Crippen molar-refractivity contribution < 1.29 is 28.6 Å². The summed E-state index contributed by atoms with van der Waals surface area (Å²) in [7, 11) is 2.88. The molecule has 7 nitrogen and oxygen atoms in total. The molecule has 2 heterocycles. The summed E-state index contributed by atoms with van der Waals surface area (Å²) < 4.78 is 24.4. The van der Waals surface area contributed by atoms with E-state index >= 15 is 0 Å². The van der Waals surface area contributed by atoms with Crippen LogP contribution in [0.15, 0.2) is 72.6 Å². The zero-order valence-corrected chi connectivity index (χ0v) is 17.3. The van der Waals surface area contributed by atoms with E-state index in [-0.39, 0.29) is 16.9 Å². The van der Waals surface area contributed by atoms with E-state index in [2.05, 4.69) is 4.98 Å². The Kier molecular flexibility index (Phi) is 5.59. The van der Waals surface area contributed by atoms with E-state index < -0.39 is 29.3 Å². The average Bonchev–Trinajstić information content (AvgIpc) is 3.09. The molecule has 0 bridgehead atoms. The third-order valence-corrected chi connectivity index (χ3v) is 5.21. The number of methoxy groups -OCH3 is 2. The van der Waals surface area contributed by atoms with Gasteiger partial charge in [0.25, 0.3) is 11.7 Å². The molecule has 1 aliphatic rings. The fraction of sp³-hybridized carbons (Fsp3) is 0.125. The fourth-order valence-corrected chi connectivity index (χ4v) is 3.71. The highest BCUT2D eigenvalue weighted by atomic mass is 19.1. The smallest absolute Gasteiger partial charge is 0.300 e. The number of hydrogen-bond donors (Lipinski definition) is 1. The summed E-state index contributed by atoms with van der Waals surface area (Å²) >= 11 is 0. The molecule has 162 valence electrons. The second-order valence-electron chi connectivity index (χ2n) is 7.00. The SMILES string of the molecule is COc1ccc(N2C(=O)C(=O)/C(=C(/O)c3cc(F)ccc3OC)C2c2cccnc2)cc1. The summed E-state index contributed by atoms with van der Waals surface area (Å²) in [6, 6.07) is 12.5. The van der Waals surface area contributed by atoms with Crippen molar-refractivity contribution in [3.63, 3.8) is 0 Å². The third-order valence-electron chi connectivity index (χ3n) is 5.21. The van der Waals surface area contributed by atoms with Crippen molar-refractivity contribution in [2.75, 3.05) is 19.1 Å². The first kappa shape index (κ1) is 21.0. The molecule has 0 spiro atoms. The van der Waals surface area contributed by atoms with Gasteiger partial charge in [-0.2, -0.15) is 0 Å². The lowest BCUT2D eigenvalue weighted by molar-refractivity contribution is -0.132. The predicted octanol–water partition coefficient (Wildman–Crippen LogP) is 3.86. The van der Waals surface area contributed by atoms with Gasteiger partial charge in [-0.05, 0) is 54.1 Å². The number of carbonyl (C=O) groups is 2. The fourth-order valence-electron chi connectivity index (χ4n) is 3.71. The first-order valence-corrected chi connectivity index (χ1v) is 9.65. The Hall–Kier alpha value is -4.20. The van der Waals surface area contributed by atoms with Crippen LogP contribution in [0.3, 0.4) is 0 Å². The van der Waals surface area contributed by atoms with Crippen molar-refractivity contribution in [3.8, 4) is 11.5 Å². The number of anilines is 1. The summed E-state index contributed by atoms with van der Waals surface area (Å²) in [5.41, 5.74) is 0.697. The van der Waals surface area contributed by atoms with Crippen LogP contribution in [-0.2, 0) is 9.59 Å². The number of ketones is 1. The molecule has 8 heteroatoms. The van der Waals surface area contributed by atoms with Crippen LogP contribution in [0.25, 0.3) is 5.76 Å². The lowest BCUT2D eigenvalue weighted by Gasteiger charge is -2.25. The van der Waals surface area contributed by atoms with Crippen molar-refractivity contribution in [2.24, 2.45) is 0 Å². The maximum absolute atomic E-state index is 14.0. The highest BCUT2D eigenvalue weighted by molar-refractivity contribution is 6.51. The van der Waals surface area contributed by atoms with Crippen LogP contribution in [0, 0.1) is 5.82 Å². The molecule has 0 aliphatic carbocycles. The van der Waals surface area contributed by atoms with Crippen LogP contribution in [0.1, 0.15) is 17.2 Å². The number of aliphatic hydroxyl groups is 1. The van der Waals surface area contributed by atoms with Gasteiger partial charge in [-0.1, -0.05) is 6.07 Å². The number of nitrogens with zero attached hydrogens (tertiary/aromatic N) is 2. The Labute approximate surface area is 183 Å². The topological polar surface area (TPSA) is 89.0 Å². The number of amides is 1. The minimum atomic E-state index is -0.981. The molecule has 1 aliphatic heterocycles. The second-order valence-corrected chi connectivity index (χ2v) is 7.00. The van der Waals surface area contributed by atoms with E-state index in [0.29, 0.717) is 17.0 Å². The first-order chi connectivity index (χ1) is 15.5. The number of benzene rings is 2. The van der Waals surface area contributed by atoms with Gasteiger partial charge in [0.2, 0.25) is 0 Å². The molecule has 3 aromatic rings. The molecule has 0 radical (unpaired) electrons. The van der Waals surface area contributed by atoms with E-state index in [0.717, 1.165) is 6.07 Å². The van der Waals surface area contributed by atoms with E-state index in [1.54, 1.807) is 42.6 Å². The van der Waals surface area contributed by atoms with Gasteiger partial charge in [0.1, 0.15) is 23.1 Å². The molecule has 1 amide bonds. The number of rotatable bonds is 5. The van der Waals surface area contributed by atoms with Crippen molar-refractivity contribution in [1.82, 2.24) is 4.98 Å². The molecule has 0 saturated carbocycles. The number of pyridine rings is 1. The Balaban J connectivity index is 1.95. The molecule has 1 fully saturated rings. The molecule has 1 N–H and O–H groups in total. The highest BCUT2D eigenvalue weighted by Gasteiger charge is 2.47. The van der Waals surface area contributed by atoms with Crippen molar-refractivity contribution in [2.45, 2.75) is 6.04 Å². The quantitative estimate of drug-likeness (QED) is 0.373. The normalized spacial score (nSPS) is 17.5. The summed E-state index contributed by atoms with van der Waals surface area (Å²) in [6.07, 6.45) is 3.06. The molecule has 2 aromatic carbocycles. The van der Waals surface area contributed by atoms with Crippen molar-refractivity contribution in [1.29, 1.82) is 0 Å². The Morgan fingerprint density at radius 3 is 2.44 bits per heavy atom. The minimum Gasteiger partial charge on any atom is -0.507 e. The highest BCUT2D eigenvalue weighted by Crippen LogP contribution is 2.43. The van der Waals surface area contributed by atoms with Gasteiger partial charge < -0.3 is 14.6 Å². The predicted molar refractivity (Wildman–Crippen MR) is 115 cm³/mol. The van der Waals surface area contributed by atoms with E-state index in [1.807, 2.05) is 0 Å². The monoisotopic (exact) mass is 434 g/mol. The largest absolute Gasteiger partial charge is 0.507 e. The molecule has 1 saturated heterocycles. The number of aromatic nitrogens is 1. The number of ether oxygens (including phenoxy) is 2. The minimum absolute atomic E-state index is 0.0332. The van der Waals surface area contributed by atoms with Crippen LogP contribution < -0.4 is 14.4 Å². The maximum atomic E-state index is 14.0. The molecule has 32 heavy (non-hydrogen) atoms. The summed E-state index contributed by atoms with van der Waals surface area (Å²) in [5, 5.41) is 11.1. The Morgan fingerprint density at radius 2 is 1.81 bits per heavy atom. The standard InChI is InChI=1S/C24H19FN2O5/c1-31-17-8-6-16(7-9-17)27-21(14-4-3-11-26-13-14)20(23(29)24(27)30)22(28)18-12-15(25)5-10-19(18)32-2/h3-13,21,28H,1-2H3/b22-20+. The number of Topliss-reactive ketones (excluding diaryl/α,β-unsaturated/α-hetero) is 1. The number of halogens is 1. The van der Waals surface area contributed by atoms with Crippen LogP contribution >= 0.6 is 0 Å². The van der Waals surface area contributed by atoms with Crippen molar-refractivity contribution >= 4 is 23.1 Å². The lowest BCUT2D eigenvalue weighted by atomic mass is 9.95. The summed E-state index contributed by atoms with van der Waals surface area (Å²) in [5.74, 6) is -2.17. The van der Waals surface area contributed by atoms with E-state index in [9.17, 15) is 19.1 Å². The van der Waals surface area contributed by atoms with Gasteiger partial charge in [-0.15, -0.1) is 0 Å². The second kappa shape index (κ2) is 8.50. The first-order valence-electron chi connectivity index (χ1n) is 9.65. The molecular formula is C24H19FN2O5. The van der Waals surface area contributed by atoms with Crippen LogP contribution in [0.4, 0.5) is 10.1 Å². The van der Waals surface area contributed by atoms with Gasteiger partial charge in [0.15, 0.2) is 0 Å². The molecule has 1 unspecified atom stereocenters. The molecule has 1 aromatic heterocycles. The number of carbonyl (C=O) groups excluding carboxylic acids is 2. The summed E-state index contributed by atoms with van der Waals surface area (Å²) in [6.45, 7) is 0. The maximum Gasteiger partial charge on any atom is 0.300 e. The van der Waals surface area contributed by atoms with Gasteiger partial charge in [-0.3, -0.25) is 19.5 Å². The third kappa shape index (κ3) is 3.56. The number of aliphatic hydroxyl groups excluding tert-OH is 1. The molecular weight excluding hydrogens is 415 g/mol. The van der Waals surface area contributed by atoms with Gasteiger partial charge >= 0.3 is 0 Å². The van der Waals surface area contributed by atoms with E-state index in [1.165, 1.54) is 37.4 Å². The van der Waals surface area contributed by atoms with Crippen molar-refractivity contribution in [3.05, 3.63) is 89.5 Å². The van der Waals surface area contributed by atoms with Crippen LogP contribution in [-0.4, -0.2) is 36.0 Å². The lowest BCUT2D eigenvalue weighted by Crippen LogP contribution is -2.29. The van der Waals surface area contributed by atoms with Gasteiger partial charge in [-0.25, -0.2) is 4.39 Å². The van der Waals surface area contributed by atoms with Gasteiger partial charge in [0, 0.05) is 18.1 Å². The molecule has 1 atom stereocenters. The van der Waals surface area contributed by atoms with Crippen LogP contribution in [0.5, 0.6) is 11.5 Å².